The molecule has 2 heterocycles. The van der Waals surface area contributed by atoms with Crippen molar-refractivity contribution in [2.24, 2.45) is 0 Å². The summed E-state index contributed by atoms with van der Waals surface area (Å²) in [6, 6.07) is 7.03. The van der Waals surface area contributed by atoms with E-state index in [4.69, 9.17) is 11.6 Å². The quantitative estimate of drug-likeness (QED) is 0.795. The molecule has 0 N–H and O–H groups in total. The second kappa shape index (κ2) is 4.45. The molecular formula is C11H10ClN3O. The zero-order valence-electron chi connectivity index (χ0n) is 8.72. The van der Waals surface area contributed by atoms with E-state index in [1.165, 1.54) is 0 Å². The van der Waals surface area contributed by atoms with Gasteiger partial charge in [0, 0.05) is 11.8 Å². The first-order valence-corrected chi connectivity index (χ1v) is 5.19. The number of aryl methyl sites for hydroxylation is 1. The van der Waals surface area contributed by atoms with Crippen LogP contribution in [0.15, 0.2) is 35.3 Å². The third kappa shape index (κ3) is 2.28. The summed E-state index contributed by atoms with van der Waals surface area (Å²) in [5.74, 6) is 0. The van der Waals surface area contributed by atoms with E-state index < -0.39 is 0 Å². The highest BCUT2D eigenvalue weighted by Gasteiger charge is 2.01. The van der Waals surface area contributed by atoms with Crippen molar-refractivity contribution in [2.75, 3.05) is 0 Å². The van der Waals surface area contributed by atoms with Gasteiger partial charge in [-0.05, 0) is 25.1 Å². The lowest BCUT2D eigenvalue weighted by Gasteiger charge is -2.04. The fraction of sp³-hybridized carbons (Fsp3) is 0.182. The molecule has 16 heavy (non-hydrogen) atoms. The summed E-state index contributed by atoms with van der Waals surface area (Å²) in [4.78, 5) is 11.7. The molecule has 0 saturated carbocycles. The van der Waals surface area contributed by atoms with Crippen LogP contribution in [0.5, 0.6) is 0 Å². The Balaban J connectivity index is 2.31. The van der Waals surface area contributed by atoms with E-state index >= 15 is 0 Å². The predicted molar refractivity (Wildman–Crippen MR) is 61.6 cm³/mol. The van der Waals surface area contributed by atoms with Crippen LogP contribution in [0.1, 0.15) is 11.3 Å². The van der Waals surface area contributed by atoms with E-state index in [-0.39, 0.29) is 5.56 Å². The molecule has 0 saturated heterocycles. The third-order valence-corrected chi connectivity index (χ3v) is 2.43. The lowest BCUT2D eigenvalue weighted by Crippen LogP contribution is -2.22. The normalized spacial score (nSPS) is 10.4. The highest BCUT2D eigenvalue weighted by molar-refractivity contribution is 6.29. The van der Waals surface area contributed by atoms with E-state index in [0.29, 0.717) is 23.0 Å². The van der Waals surface area contributed by atoms with Crippen LogP contribution in [-0.4, -0.2) is 14.8 Å². The average Bonchev–Trinajstić information content (AvgIpc) is 2.28. The lowest BCUT2D eigenvalue weighted by atomic mass is 10.3. The molecule has 0 atom stereocenters. The van der Waals surface area contributed by atoms with Crippen molar-refractivity contribution in [1.82, 2.24) is 14.8 Å². The van der Waals surface area contributed by atoms with Crippen LogP contribution in [0, 0.1) is 6.92 Å². The SMILES string of the molecule is Cc1cccn(Cc2ccc(Cl)nn2)c1=O. The Hall–Kier alpha value is -1.68. The highest BCUT2D eigenvalue weighted by atomic mass is 35.5. The van der Waals surface area contributed by atoms with Crippen molar-refractivity contribution in [2.45, 2.75) is 13.5 Å². The van der Waals surface area contributed by atoms with Gasteiger partial charge in [0.1, 0.15) is 0 Å². The Bertz CT molecular complexity index is 548. The molecule has 0 aliphatic heterocycles. The smallest absolute Gasteiger partial charge is 0.253 e. The Morgan fingerprint density at radius 2 is 2.12 bits per heavy atom. The van der Waals surface area contributed by atoms with Crippen LogP contribution in [0.2, 0.25) is 5.15 Å². The van der Waals surface area contributed by atoms with Crippen molar-refractivity contribution in [1.29, 1.82) is 0 Å². The molecule has 2 rings (SSSR count). The summed E-state index contributed by atoms with van der Waals surface area (Å²) in [5.41, 5.74) is 1.40. The molecule has 0 spiro atoms. The van der Waals surface area contributed by atoms with E-state index in [1.807, 2.05) is 6.07 Å². The van der Waals surface area contributed by atoms with Crippen LogP contribution >= 0.6 is 11.6 Å². The maximum absolute atomic E-state index is 11.7. The largest absolute Gasteiger partial charge is 0.309 e. The van der Waals surface area contributed by atoms with Crippen LogP contribution in [-0.2, 0) is 6.54 Å². The van der Waals surface area contributed by atoms with Crippen molar-refractivity contribution in [3.63, 3.8) is 0 Å². The van der Waals surface area contributed by atoms with Gasteiger partial charge in [-0.3, -0.25) is 4.79 Å². The topological polar surface area (TPSA) is 47.8 Å². The molecule has 0 unspecified atom stereocenters. The minimum Gasteiger partial charge on any atom is -0.309 e. The van der Waals surface area contributed by atoms with Crippen LogP contribution < -0.4 is 5.56 Å². The molecule has 2 aromatic rings. The molecule has 0 aliphatic rings. The van der Waals surface area contributed by atoms with Gasteiger partial charge >= 0.3 is 0 Å². The summed E-state index contributed by atoms with van der Waals surface area (Å²) in [6.07, 6.45) is 1.73. The Kier molecular flexibility index (Phi) is 3.01. The molecule has 0 aliphatic carbocycles. The van der Waals surface area contributed by atoms with Crippen molar-refractivity contribution >= 4 is 11.6 Å². The van der Waals surface area contributed by atoms with Crippen LogP contribution in [0.25, 0.3) is 0 Å². The number of aromatic nitrogens is 3. The average molecular weight is 236 g/mol. The molecule has 4 nitrogen and oxygen atoms in total. The number of nitrogens with zero attached hydrogens (tertiary/aromatic N) is 3. The lowest BCUT2D eigenvalue weighted by molar-refractivity contribution is 0.718. The molecule has 0 bridgehead atoms. The molecule has 5 heteroatoms. The zero-order valence-corrected chi connectivity index (χ0v) is 9.48. The van der Waals surface area contributed by atoms with E-state index in [1.54, 1.807) is 35.9 Å². The second-order valence-electron chi connectivity index (χ2n) is 3.47. The Morgan fingerprint density at radius 3 is 2.81 bits per heavy atom. The van der Waals surface area contributed by atoms with E-state index in [9.17, 15) is 4.79 Å². The van der Waals surface area contributed by atoms with Crippen molar-refractivity contribution < 1.29 is 0 Å². The van der Waals surface area contributed by atoms with Gasteiger partial charge in [-0.1, -0.05) is 17.7 Å². The minimum absolute atomic E-state index is 0.0146. The van der Waals surface area contributed by atoms with Crippen LogP contribution in [0.4, 0.5) is 0 Å². The van der Waals surface area contributed by atoms with Gasteiger partial charge in [0.15, 0.2) is 5.15 Å². The molecule has 0 fully saturated rings. The number of rotatable bonds is 2. The number of pyridine rings is 1. The summed E-state index contributed by atoms with van der Waals surface area (Å²) < 4.78 is 1.59. The first-order chi connectivity index (χ1) is 7.66. The van der Waals surface area contributed by atoms with Gasteiger partial charge in [-0.15, -0.1) is 5.10 Å². The van der Waals surface area contributed by atoms with Crippen molar-refractivity contribution in [3.8, 4) is 0 Å². The van der Waals surface area contributed by atoms with E-state index in [0.717, 1.165) is 0 Å². The third-order valence-electron chi connectivity index (χ3n) is 2.23. The molecule has 2 aromatic heterocycles. The Labute approximate surface area is 97.5 Å². The highest BCUT2D eigenvalue weighted by Crippen LogP contribution is 2.03. The monoisotopic (exact) mass is 235 g/mol. The minimum atomic E-state index is -0.0146. The summed E-state index contributed by atoms with van der Waals surface area (Å²) in [5, 5.41) is 7.98. The van der Waals surface area contributed by atoms with Crippen LogP contribution in [0.3, 0.4) is 0 Å². The number of hydrogen-bond donors (Lipinski definition) is 0. The fourth-order valence-corrected chi connectivity index (χ4v) is 1.48. The molecular weight excluding hydrogens is 226 g/mol. The van der Waals surface area contributed by atoms with Crippen molar-refractivity contribution in [3.05, 3.63) is 57.2 Å². The summed E-state index contributed by atoms with van der Waals surface area (Å²) in [7, 11) is 0. The van der Waals surface area contributed by atoms with Gasteiger partial charge < -0.3 is 4.57 Å². The molecule has 0 radical (unpaired) electrons. The maximum Gasteiger partial charge on any atom is 0.253 e. The standard InChI is InChI=1S/C11H10ClN3O/c1-8-3-2-6-15(11(8)16)7-9-4-5-10(12)14-13-9/h2-6H,7H2,1H3. The predicted octanol–water partition coefficient (Wildman–Crippen LogP) is 1.65. The first kappa shape index (κ1) is 10.8. The fourth-order valence-electron chi connectivity index (χ4n) is 1.38. The zero-order chi connectivity index (χ0) is 11.5. The molecule has 82 valence electrons. The maximum atomic E-state index is 11.7. The van der Waals surface area contributed by atoms with Gasteiger partial charge in [-0.25, -0.2) is 0 Å². The molecule has 0 amide bonds. The van der Waals surface area contributed by atoms with Gasteiger partial charge in [0.25, 0.3) is 5.56 Å². The summed E-state index contributed by atoms with van der Waals surface area (Å²) >= 11 is 5.63. The number of hydrogen-bond acceptors (Lipinski definition) is 3. The summed E-state index contributed by atoms with van der Waals surface area (Å²) in [6.45, 7) is 2.19. The number of halogens is 1. The molecule has 0 aromatic carbocycles. The van der Waals surface area contributed by atoms with E-state index in [2.05, 4.69) is 10.2 Å². The van der Waals surface area contributed by atoms with Gasteiger partial charge in [-0.2, -0.15) is 5.10 Å². The first-order valence-electron chi connectivity index (χ1n) is 4.81. The van der Waals surface area contributed by atoms with Gasteiger partial charge in [0.2, 0.25) is 0 Å². The Morgan fingerprint density at radius 1 is 1.31 bits per heavy atom. The second-order valence-corrected chi connectivity index (χ2v) is 3.86. The van der Waals surface area contributed by atoms with Gasteiger partial charge in [0.05, 0.1) is 12.2 Å².